The summed E-state index contributed by atoms with van der Waals surface area (Å²) in [5.74, 6) is -0.752. The van der Waals surface area contributed by atoms with Gasteiger partial charge in [-0.05, 0) is 38.8 Å². The number of benzene rings is 1. The highest BCUT2D eigenvalue weighted by atomic mass is 79.9. The van der Waals surface area contributed by atoms with Crippen molar-refractivity contribution in [3.8, 4) is 5.75 Å². The standard InChI is InChI=1S/C15H18BrNO5/c1-8(2)21-11-6-9(16)5-10(7-11)17-14(18)12-3-4-13(22-12)15(19)20/h5-8,12-13H,3-4H2,1-2H3,(H,17,18)(H,19,20)/t12-,13+/m0/s1. The molecule has 1 heterocycles. The summed E-state index contributed by atoms with van der Waals surface area (Å²) < 4.78 is 11.6. The second kappa shape index (κ2) is 7.11. The van der Waals surface area contributed by atoms with Gasteiger partial charge >= 0.3 is 5.97 Å². The maximum atomic E-state index is 12.1. The molecule has 1 fully saturated rings. The number of hydrogen-bond donors (Lipinski definition) is 2. The van der Waals surface area contributed by atoms with Gasteiger partial charge in [-0.2, -0.15) is 0 Å². The third kappa shape index (κ3) is 4.45. The van der Waals surface area contributed by atoms with Gasteiger partial charge in [0, 0.05) is 16.2 Å². The molecule has 1 aliphatic rings. The molecule has 0 aliphatic carbocycles. The van der Waals surface area contributed by atoms with Crippen LogP contribution in [0.3, 0.4) is 0 Å². The van der Waals surface area contributed by atoms with Crippen molar-refractivity contribution in [3.05, 3.63) is 22.7 Å². The molecule has 2 atom stereocenters. The van der Waals surface area contributed by atoms with E-state index in [1.54, 1.807) is 12.1 Å². The normalized spacial score (nSPS) is 20.9. The lowest BCUT2D eigenvalue weighted by molar-refractivity contribution is -0.150. The summed E-state index contributed by atoms with van der Waals surface area (Å²) in [6.07, 6.45) is -0.889. The number of hydrogen-bond acceptors (Lipinski definition) is 4. The molecule has 0 bridgehead atoms. The molecule has 120 valence electrons. The zero-order chi connectivity index (χ0) is 16.3. The van der Waals surface area contributed by atoms with Crippen LogP contribution in [-0.2, 0) is 14.3 Å². The van der Waals surface area contributed by atoms with Gasteiger partial charge in [-0.3, -0.25) is 4.79 Å². The summed E-state index contributed by atoms with van der Waals surface area (Å²) in [6, 6.07) is 5.27. The minimum absolute atomic E-state index is 0.0207. The fraction of sp³-hybridized carbons (Fsp3) is 0.467. The first-order valence-corrected chi connectivity index (χ1v) is 7.81. The van der Waals surface area contributed by atoms with Crippen molar-refractivity contribution in [2.75, 3.05) is 5.32 Å². The van der Waals surface area contributed by atoms with Gasteiger partial charge in [-0.15, -0.1) is 0 Å². The predicted octanol–water partition coefficient (Wildman–Crippen LogP) is 2.81. The zero-order valence-corrected chi connectivity index (χ0v) is 13.9. The Bertz CT molecular complexity index is 575. The van der Waals surface area contributed by atoms with Crippen molar-refractivity contribution in [3.63, 3.8) is 0 Å². The van der Waals surface area contributed by atoms with E-state index in [0.717, 1.165) is 4.47 Å². The first-order chi connectivity index (χ1) is 10.3. The molecule has 1 aromatic rings. The Balaban J connectivity index is 2.02. The van der Waals surface area contributed by atoms with Gasteiger partial charge in [0.1, 0.15) is 11.9 Å². The molecule has 1 amide bonds. The smallest absolute Gasteiger partial charge is 0.332 e. The monoisotopic (exact) mass is 371 g/mol. The van der Waals surface area contributed by atoms with E-state index in [4.69, 9.17) is 14.6 Å². The highest BCUT2D eigenvalue weighted by Crippen LogP contribution is 2.27. The van der Waals surface area contributed by atoms with Gasteiger partial charge in [-0.1, -0.05) is 15.9 Å². The number of ether oxygens (including phenoxy) is 2. The van der Waals surface area contributed by atoms with Crippen LogP contribution in [0.25, 0.3) is 0 Å². The molecule has 0 spiro atoms. The minimum atomic E-state index is -1.04. The van der Waals surface area contributed by atoms with Gasteiger partial charge in [0.05, 0.1) is 6.10 Å². The van der Waals surface area contributed by atoms with E-state index in [9.17, 15) is 9.59 Å². The highest BCUT2D eigenvalue weighted by molar-refractivity contribution is 9.10. The summed E-state index contributed by atoms with van der Waals surface area (Å²) in [5.41, 5.74) is 0.567. The van der Waals surface area contributed by atoms with Crippen molar-refractivity contribution < 1.29 is 24.2 Å². The van der Waals surface area contributed by atoms with Gasteiger partial charge in [-0.25, -0.2) is 4.79 Å². The summed E-state index contributed by atoms with van der Waals surface area (Å²) in [6.45, 7) is 3.83. The first-order valence-electron chi connectivity index (χ1n) is 7.01. The Hall–Kier alpha value is -1.60. The van der Waals surface area contributed by atoms with Gasteiger partial charge in [0.25, 0.3) is 5.91 Å². The maximum Gasteiger partial charge on any atom is 0.332 e. The molecule has 1 aromatic carbocycles. The molecule has 22 heavy (non-hydrogen) atoms. The Labute approximate surface area is 136 Å². The van der Waals surface area contributed by atoms with Crippen molar-refractivity contribution in [1.29, 1.82) is 0 Å². The molecule has 0 unspecified atom stereocenters. The maximum absolute atomic E-state index is 12.1. The van der Waals surface area contributed by atoms with Gasteiger partial charge in [0.2, 0.25) is 0 Å². The van der Waals surface area contributed by atoms with Crippen LogP contribution in [0, 0.1) is 0 Å². The summed E-state index contributed by atoms with van der Waals surface area (Å²) >= 11 is 3.36. The van der Waals surface area contributed by atoms with Crippen LogP contribution >= 0.6 is 15.9 Å². The number of halogens is 1. The van der Waals surface area contributed by atoms with Crippen LogP contribution in [0.2, 0.25) is 0 Å². The Morgan fingerprint density at radius 3 is 2.59 bits per heavy atom. The van der Waals surface area contributed by atoms with Gasteiger partial charge < -0.3 is 19.9 Å². The van der Waals surface area contributed by atoms with E-state index >= 15 is 0 Å². The number of anilines is 1. The largest absolute Gasteiger partial charge is 0.491 e. The molecule has 0 radical (unpaired) electrons. The molecule has 1 aliphatic heterocycles. The molecule has 1 saturated heterocycles. The molecule has 2 N–H and O–H groups in total. The fourth-order valence-corrected chi connectivity index (χ4v) is 2.68. The molecule has 7 heteroatoms. The van der Waals surface area contributed by atoms with E-state index in [0.29, 0.717) is 24.3 Å². The molecular formula is C15H18BrNO5. The highest BCUT2D eigenvalue weighted by Gasteiger charge is 2.34. The lowest BCUT2D eigenvalue weighted by Gasteiger charge is -2.14. The molecule has 0 aromatic heterocycles. The number of carboxylic acid groups (broad SMARTS) is 1. The Kier molecular flexibility index (Phi) is 5.42. The molecule has 6 nitrogen and oxygen atoms in total. The van der Waals surface area contributed by atoms with Crippen molar-refractivity contribution in [1.82, 2.24) is 0 Å². The second-order valence-corrected chi connectivity index (χ2v) is 6.28. The Morgan fingerprint density at radius 2 is 2.00 bits per heavy atom. The summed E-state index contributed by atoms with van der Waals surface area (Å²) in [4.78, 5) is 23.0. The molecule has 2 rings (SSSR count). The first kappa shape index (κ1) is 16.8. The Morgan fingerprint density at radius 1 is 1.32 bits per heavy atom. The van der Waals surface area contributed by atoms with Crippen LogP contribution in [-0.4, -0.2) is 35.3 Å². The number of carbonyl (C=O) groups excluding carboxylic acids is 1. The number of carboxylic acids is 1. The summed E-state index contributed by atoms with van der Waals surface area (Å²) in [7, 11) is 0. The van der Waals surface area contributed by atoms with E-state index in [2.05, 4.69) is 21.2 Å². The SMILES string of the molecule is CC(C)Oc1cc(Br)cc(NC(=O)[C@@H]2CC[C@H](C(=O)O)O2)c1. The number of aliphatic carboxylic acids is 1. The van der Waals surface area contributed by atoms with Gasteiger partial charge in [0.15, 0.2) is 6.10 Å². The minimum Gasteiger partial charge on any atom is -0.491 e. The second-order valence-electron chi connectivity index (χ2n) is 5.36. The van der Waals surface area contributed by atoms with E-state index in [1.165, 1.54) is 0 Å². The quantitative estimate of drug-likeness (QED) is 0.830. The summed E-state index contributed by atoms with van der Waals surface area (Å²) in [5, 5.41) is 11.6. The van der Waals surface area contributed by atoms with Crippen molar-refractivity contribution >= 4 is 33.5 Å². The van der Waals surface area contributed by atoms with Crippen molar-refractivity contribution in [2.45, 2.75) is 45.0 Å². The third-order valence-electron chi connectivity index (χ3n) is 3.10. The number of rotatable bonds is 5. The van der Waals surface area contributed by atoms with Crippen LogP contribution in [0.1, 0.15) is 26.7 Å². The number of carbonyl (C=O) groups is 2. The van der Waals surface area contributed by atoms with E-state index < -0.39 is 18.2 Å². The number of amides is 1. The zero-order valence-electron chi connectivity index (χ0n) is 12.3. The van der Waals surface area contributed by atoms with Crippen LogP contribution in [0.15, 0.2) is 22.7 Å². The van der Waals surface area contributed by atoms with Crippen LogP contribution in [0.4, 0.5) is 5.69 Å². The molecular weight excluding hydrogens is 354 g/mol. The van der Waals surface area contributed by atoms with Crippen LogP contribution < -0.4 is 10.1 Å². The number of nitrogens with one attached hydrogen (secondary N) is 1. The fourth-order valence-electron chi connectivity index (χ4n) is 2.21. The average Bonchev–Trinajstić information content (AvgIpc) is 2.86. The van der Waals surface area contributed by atoms with Crippen molar-refractivity contribution in [2.24, 2.45) is 0 Å². The van der Waals surface area contributed by atoms with E-state index in [-0.39, 0.29) is 12.0 Å². The topological polar surface area (TPSA) is 84.9 Å². The van der Waals surface area contributed by atoms with E-state index in [1.807, 2.05) is 19.9 Å². The average molecular weight is 372 g/mol. The lowest BCUT2D eigenvalue weighted by atomic mass is 10.2. The lowest BCUT2D eigenvalue weighted by Crippen LogP contribution is -2.29. The molecule has 0 saturated carbocycles. The van der Waals surface area contributed by atoms with Crippen LogP contribution in [0.5, 0.6) is 5.75 Å². The third-order valence-corrected chi connectivity index (χ3v) is 3.56. The predicted molar refractivity (Wildman–Crippen MR) is 84.1 cm³/mol.